The van der Waals surface area contributed by atoms with Crippen LogP contribution in [0.15, 0.2) is 62.8 Å². The maximum Gasteiger partial charge on any atom is 0.269 e. The van der Waals surface area contributed by atoms with Gasteiger partial charge in [-0.2, -0.15) is 4.98 Å². The van der Waals surface area contributed by atoms with E-state index in [0.29, 0.717) is 20.6 Å². The third-order valence-electron chi connectivity index (χ3n) is 4.02. The topological polar surface area (TPSA) is 63.9 Å². The third kappa shape index (κ3) is 3.48. The molecule has 1 aromatic carbocycles. The van der Waals surface area contributed by atoms with Gasteiger partial charge in [-0.3, -0.25) is 18.9 Å². The van der Waals surface area contributed by atoms with Crippen molar-refractivity contribution in [3.63, 3.8) is 0 Å². The molecule has 1 aliphatic heterocycles. The first kappa shape index (κ1) is 18.9. The molecule has 1 fully saturated rings. The van der Waals surface area contributed by atoms with Crippen LogP contribution >= 0.6 is 39.9 Å². The van der Waals surface area contributed by atoms with Gasteiger partial charge in [0.2, 0.25) is 5.88 Å². The number of nitrogens with zero attached hydrogens (tertiary/aromatic N) is 3. The Labute approximate surface area is 178 Å². The molecule has 1 amide bonds. The van der Waals surface area contributed by atoms with E-state index >= 15 is 0 Å². The number of thioether (sulfide) groups is 1. The van der Waals surface area contributed by atoms with Crippen LogP contribution in [0.3, 0.4) is 0 Å². The van der Waals surface area contributed by atoms with Crippen molar-refractivity contribution in [1.82, 2.24) is 14.3 Å². The lowest BCUT2D eigenvalue weighted by Gasteiger charge is -2.10. The van der Waals surface area contributed by atoms with Crippen molar-refractivity contribution in [3.8, 4) is 11.6 Å². The summed E-state index contributed by atoms with van der Waals surface area (Å²) in [6.45, 7) is 0. The molecule has 0 N–H and O–H groups in total. The Morgan fingerprint density at radius 2 is 1.93 bits per heavy atom. The Morgan fingerprint density at radius 3 is 2.61 bits per heavy atom. The van der Waals surface area contributed by atoms with Crippen LogP contribution in [-0.4, -0.2) is 31.6 Å². The second-order valence-electron chi connectivity index (χ2n) is 5.86. The van der Waals surface area contributed by atoms with Crippen LogP contribution in [0.2, 0.25) is 0 Å². The Kier molecular flexibility index (Phi) is 5.05. The number of amides is 1. The molecule has 3 heterocycles. The average Bonchev–Trinajstić information content (AvgIpc) is 2.93. The fraction of sp³-hybridized carbons (Fsp3) is 0.0526. The molecule has 2 aromatic heterocycles. The van der Waals surface area contributed by atoms with Crippen LogP contribution in [0.25, 0.3) is 11.7 Å². The first-order valence-electron chi connectivity index (χ1n) is 8.10. The maximum atomic E-state index is 13.1. The Balaban J connectivity index is 1.89. The highest BCUT2D eigenvalue weighted by molar-refractivity contribution is 9.10. The highest BCUT2D eigenvalue weighted by atomic mass is 79.9. The SMILES string of the molecule is CN1C(=O)C(=Cc2c(Oc3ccc(Br)cc3)nc3ccccn3c2=O)SC1=S. The third-order valence-corrected chi connectivity index (χ3v) is 6.04. The number of benzene rings is 1. The van der Waals surface area contributed by atoms with Crippen molar-refractivity contribution in [3.05, 3.63) is 74.0 Å². The summed E-state index contributed by atoms with van der Waals surface area (Å²) in [5.41, 5.74) is 0.291. The molecule has 9 heteroatoms. The van der Waals surface area contributed by atoms with Gasteiger partial charge in [0.15, 0.2) is 0 Å². The first-order chi connectivity index (χ1) is 13.4. The fourth-order valence-electron chi connectivity index (χ4n) is 2.57. The van der Waals surface area contributed by atoms with E-state index in [0.717, 1.165) is 16.2 Å². The molecule has 6 nitrogen and oxygen atoms in total. The number of likely N-dealkylation sites (N-methyl/N-ethyl adjacent to an activating group) is 1. The number of rotatable bonds is 3. The fourth-order valence-corrected chi connectivity index (χ4v) is 4.00. The molecule has 4 rings (SSSR count). The first-order valence-corrected chi connectivity index (χ1v) is 10.1. The number of carbonyl (C=O) groups excluding carboxylic acids is 1. The molecular weight excluding hydrogens is 462 g/mol. The summed E-state index contributed by atoms with van der Waals surface area (Å²) >= 11 is 9.68. The second-order valence-corrected chi connectivity index (χ2v) is 8.45. The Bertz CT molecular complexity index is 1210. The number of carbonyl (C=O) groups is 1. The number of aromatic nitrogens is 2. The predicted molar refractivity (Wildman–Crippen MR) is 117 cm³/mol. The summed E-state index contributed by atoms with van der Waals surface area (Å²) in [5, 5.41) is 0. The van der Waals surface area contributed by atoms with Crippen molar-refractivity contribution in [2.75, 3.05) is 7.05 Å². The van der Waals surface area contributed by atoms with Crippen LogP contribution in [0.4, 0.5) is 0 Å². The molecule has 0 atom stereocenters. The van der Waals surface area contributed by atoms with Crippen molar-refractivity contribution in [2.24, 2.45) is 0 Å². The molecular formula is C19H12BrN3O3S2. The van der Waals surface area contributed by atoms with E-state index in [1.807, 2.05) is 12.1 Å². The number of halogens is 1. The monoisotopic (exact) mass is 473 g/mol. The van der Waals surface area contributed by atoms with E-state index in [4.69, 9.17) is 17.0 Å². The Morgan fingerprint density at radius 1 is 1.18 bits per heavy atom. The highest BCUT2D eigenvalue weighted by Gasteiger charge is 2.29. The molecule has 0 radical (unpaired) electrons. The zero-order chi connectivity index (χ0) is 19.8. The summed E-state index contributed by atoms with van der Waals surface area (Å²) in [5.74, 6) is 0.384. The lowest BCUT2D eigenvalue weighted by atomic mass is 10.2. The lowest BCUT2D eigenvalue weighted by molar-refractivity contribution is -0.121. The van der Waals surface area contributed by atoms with E-state index in [2.05, 4.69) is 20.9 Å². The summed E-state index contributed by atoms with van der Waals surface area (Å²) in [6, 6.07) is 12.4. The molecule has 0 spiro atoms. The molecule has 0 unspecified atom stereocenters. The standard InChI is InChI=1S/C19H12BrN3O3S2/c1-22-18(25)14(28-19(22)27)10-13-16(26-12-7-5-11(20)6-8-12)21-15-4-2-3-9-23(15)17(13)24/h2-10H,1H3. The van der Waals surface area contributed by atoms with Crippen LogP contribution in [-0.2, 0) is 4.79 Å². The van der Waals surface area contributed by atoms with Crippen LogP contribution in [0.1, 0.15) is 5.56 Å². The molecule has 1 saturated heterocycles. The zero-order valence-corrected chi connectivity index (χ0v) is 17.7. The molecule has 0 saturated carbocycles. The van der Waals surface area contributed by atoms with Crippen molar-refractivity contribution in [2.45, 2.75) is 0 Å². The summed E-state index contributed by atoms with van der Waals surface area (Å²) in [6.07, 6.45) is 3.11. The highest BCUT2D eigenvalue weighted by Crippen LogP contribution is 2.33. The van der Waals surface area contributed by atoms with E-state index < -0.39 is 0 Å². The van der Waals surface area contributed by atoms with Gasteiger partial charge in [-0.05, 0) is 42.5 Å². The summed E-state index contributed by atoms with van der Waals surface area (Å²) < 4.78 is 8.64. The number of thiocarbonyl (C=S) groups is 1. The molecule has 1 aliphatic rings. The zero-order valence-electron chi connectivity index (χ0n) is 14.5. The number of hydrogen-bond acceptors (Lipinski definition) is 6. The van der Waals surface area contributed by atoms with Crippen LogP contribution < -0.4 is 10.3 Å². The largest absolute Gasteiger partial charge is 0.438 e. The maximum absolute atomic E-state index is 13.1. The normalized spacial score (nSPS) is 15.6. The minimum atomic E-state index is -0.334. The average molecular weight is 474 g/mol. The lowest BCUT2D eigenvalue weighted by Crippen LogP contribution is -2.22. The smallest absolute Gasteiger partial charge is 0.269 e. The second kappa shape index (κ2) is 7.50. The van der Waals surface area contributed by atoms with Gasteiger partial charge in [-0.1, -0.05) is 46.0 Å². The number of ether oxygens (including phenoxy) is 1. The van der Waals surface area contributed by atoms with Gasteiger partial charge in [0.25, 0.3) is 11.5 Å². The van der Waals surface area contributed by atoms with E-state index in [1.165, 1.54) is 15.4 Å². The van der Waals surface area contributed by atoms with Gasteiger partial charge in [0, 0.05) is 17.7 Å². The van der Waals surface area contributed by atoms with Gasteiger partial charge in [-0.25, -0.2) is 0 Å². The predicted octanol–water partition coefficient (Wildman–Crippen LogP) is 4.08. The van der Waals surface area contributed by atoms with E-state index in [9.17, 15) is 9.59 Å². The molecule has 3 aromatic rings. The molecule has 28 heavy (non-hydrogen) atoms. The number of fused-ring (bicyclic) bond motifs is 1. The van der Waals surface area contributed by atoms with Crippen molar-refractivity contribution in [1.29, 1.82) is 0 Å². The molecule has 140 valence electrons. The van der Waals surface area contributed by atoms with Crippen LogP contribution in [0.5, 0.6) is 11.6 Å². The Hall–Kier alpha value is -2.49. The van der Waals surface area contributed by atoms with Crippen molar-refractivity contribution >= 4 is 61.9 Å². The van der Waals surface area contributed by atoms with Gasteiger partial charge >= 0.3 is 0 Å². The minimum absolute atomic E-state index is 0.125. The number of pyridine rings is 1. The quantitative estimate of drug-likeness (QED) is 0.421. The molecule has 0 bridgehead atoms. The summed E-state index contributed by atoms with van der Waals surface area (Å²) in [4.78, 5) is 31.6. The van der Waals surface area contributed by atoms with E-state index in [1.54, 1.807) is 43.6 Å². The van der Waals surface area contributed by atoms with Gasteiger partial charge in [0.05, 0.1) is 4.91 Å². The van der Waals surface area contributed by atoms with Crippen molar-refractivity contribution < 1.29 is 9.53 Å². The summed E-state index contributed by atoms with van der Waals surface area (Å²) in [7, 11) is 1.60. The minimum Gasteiger partial charge on any atom is -0.438 e. The van der Waals surface area contributed by atoms with Gasteiger partial charge < -0.3 is 4.74 Å². The van der Waals surface area contributed by atoms with E-state index in [-0.39, 0.29) is 22.9 Å². The van der Waals surface area contributed by atoms with Crippen LogP contribution in [0, 0.1) is 0 Å². The molecule has 0 aliphatic carbocycles. The van der Waals surface area contributed by atoms with Gasteiger partial charge in [0.1, 0.15) is 21.3 Å². The van der Waals surface area contributed by atoms with Gasteiger partial charge in [-0.15, -0.1) is 0 Å². The number of hydrogen-bond donors (Lipinski definition) is 0.